The zero-order valence-corrected chi connectivity index (χ0v) is 16.9. The first-order valence-corrected chi connectivity index (χ1v) is 9.69. The van der Waals surface area contributed by atoms with Crippen LogP contribution in [0.1, 0.15) is 36.5 Å². The molecule has 0 fully saturated rings. The highest BCUT2D eigenvalue weighted by Crippen LogP contribution is 2.19. The SMILES string of the molecule is COC(=O)[C@@H](Cc1c[nH]c2ccccc12)NC(=O)C=Cc1ccc(C(C)C)cc1. The maximum Gasteiger partial charge on any atom is 0.328 e. The van der Waals surface area contributed by atoms with Gasteiger partial charge in [-0.25, -0.2) is 4.79 Å². The van der Waals surface area contributed by atoms with E-state index >= 15 is 0 Å². The standard InChI is InChI=1S/C24H26N2O3/c1-16(2)18-11-8-17(9-12-18)10-13-23(27)26-22(24(28)29-3)14-19-15-25-21-7-5-4-6-20(19)21/h4-13,15-16,22,25H,14H2,1-3H3,(H,26,27)/t22-/m1/s1. The number of hydrogen-bond donors (Lipinski definition) is 2. The lowest BCUT2D eigenvalue weighted by molar-refractivity contribution is -0.144. The summed E-state index contributed by atoms with van der Waals surface area (Å²) in [4.78, 5) is 27.8. The van der Waals surface area contributed by atoms with E-state index in [2.05, 4.69) is 36.3 Å². The Bertz CT molecular complexity index is 1020. The fourth-order valence-electron chi connectivity index (χ4n) is 3.24. The monoisotopic (exact) mass is 390 g/mol. The Morgan fingerprint density at radius 1 is 1.10 bits per heavy atom. The number of para-hydroxylation sites is 1. The lowest BCUT2D eigenvalue weighted by Gasteiger charge is -2.15. The number of esters is 1. The number of ether oxygens (including phenoxy) is 1. The molecule has 150 valence electrons. The summed E-state index contributed by atoms with van der Waals surface area (Å²) in [6, 6.07) is 15.1. The van der Waals surface area contributed by atoms with Crippen LogP contribution in [0.15, 0.2) is 60.8 Å². The number of rotatable bonds is 7. The molecule has 3 aromatic rings. The topological polar surface area (TPSA) is 71.2 Å². The van der Waals surface area contributed by atoms with Crippen LogP contribution in [-0.4, -0.2) is 30.0 Å². The highest BCUT2D eigenvalue weighted by atomic mass is 16.5. The van der Waals surface area contributed by atoms with Gasteiger partial charge in [0.1, 0.15) is 6.04 Å². The Balaban J connectivity index is 1.69. The molecule has 1 atom stereocenters. The summed E-state index contributed by atoms with van der Waals surface area (Å²) in [5, 5.41) is 3.78. The van der Waals surface area contributed by atoms with Crippen LogP contribution >= 0.6 is 0 Å². The van der Waals surface area contributed by atoms with Crippen LogP contribution in [-0.2, 0) is 20.7 Å². The summed E-state index contributed by atoms with van der Waals surface area (Å²) < 4.78 is 4.88. The molecule has 1 heterocycles. The van der Waals surface area contributed by atoms with E-state index in [0.717, 1.165) is 22.0 Å². The van der Waals surface area contributed by atoms with E-state index in [1.165, 1.54) is 18.7 Å². The molecule has 0 unspecified atom stereocenters. The van der Waals surface area contributed by atoms with Gasteiger partial charge in [0, 0.05) is 29.6 Å². The van der Waals surface area contributed by atoms with Crippen LogP contribution in [0.4, 0.5) is 0 Å². The summed E-state index contributed by atoms with van der Waals surface area (Å²) in [6.45, 7) is 4.28. The quantitative estimate of drug-likeness (QED) is 0.469. The van der Waals surface area contributed by atoms with E-state index < -0.39 is 12.0 Å². The summed E-state index contributed by atoms with van der Waals surface area (Å²) in [5.41, 5.74) is 4.11. The molecule has 5 heteroatoms. The maximum atomic E-state index is 12.4. The fraction of sp³-hybridized carbons (Fsp3) is 0.250. The van der Waals surface area contributed by atoms with Crippen LogP contribution in [0.3, 0.4) is 0 Å². The van der Waals surface area contributed by atoms with E-state index in [4.69, 9.17) is 4.74 Å². The minimum absolute atomic E-state index is 0.340. The molecule has 2 N–H and O–H groups in total. The van der Waals surface area contributed by atoms with Crippen molar-refractivity contribution in [2.24, 2.45) is 0 Å². The first-order valence-electron chi connectivity index (χ1n) is 9.69. The predicted molar refractivity (Wildman–Crippen MR) is 116 cm³/mol. The van der Waals surface area contributed by atoms with E-state index in [-0.39, 0.29) is 5.91 Å². The predicted octanol–water partition coefficient (Wildman–Crippen LogP) is 4.21. The molecule has 0 radical (unpaired) electrons. The highest BCUT2D eigenvalue weighted by Gasteiger charge is 2.22. The molecule has 29 heavy (non-hydrogen) atoms. The van der Waals surface area contributed by atoms with Crippen molar-refractivity contribution in [3.05, 3.63) is 77.5 Å². The third-order valence-corrected chi connectivity index (χ3v) is 4.93. The van der Waals surface area contributed by atoms with Crippen molar-refractivity contribution in [2.75, 3.05) is 7.11 Å². The van der Waals surface area contributed by atoms with Crippen molar-refractivity contribution in [3.8, 4) is 0 Å². The second kappa shape index (κ2) is 9.24. The molecule has 1 aromatic heterocycles. The van der Waals surface area contributed by atoms with Crippen molar-refractivity contribution in [1.82, 2.24) is 10.3 Å². The van der Waals surface area contributed by atoms with Gasteiger partial charge in [-0.1, -0.05) is 56.3 Å². The number of nitrogens with one attached hydrogen (secondary N) is 2. The van der Waals surface area contributed by atoms with Gasteiger partial charge < -0.3 is 15.0 Å². The summed E-state index contributed by atoms with van der Waals surface area (Å²) in [7, 11) is 1.32. The normalized spacial score (nSPS) is 12.4. The molecular weight excluding hydrogens is 364 g/mol. The largest absolute Gasteiger partial charge is 0.467 e. The van der Waals surface area contributed by atoms with Crippen LogP contribution in [0.25, 0.3) is 17.0 Å². The second-order valence-corrected chi connectivity index (χ2v) is 7.30. The number of aromatic amines is 1. The molecule has 0 aliphatic carbocycles. The van der Waals surface area contributed by atoms with Crippen LogP contribution < -0.4 is 5.32 Å². The summed E-state index contributed by atoms with van der Waals surface area (Å²) >= 11 is 0. The van der Waals surface area contributed by atoms with Crippen LogP contribution in [0, 0.1) is 0 Å². The Morgan fingerprint density at radius 3 is 2.52 bits per heavy atom. The maximum absolute atomic E-state index is 12.4. The molecule has 3 rings (SSSR count). The molecule has 5 nitrogen and oxygen atoms in total. The molecule has 1 amide bonds. The molecule has 2 aromatic carbocycles. The summed E-state index contributed by atoms with van der Waals surface area (Å²) in [5.74, 6) is -0.354. The number of benzene rings is 2. The Labute approximate surface area is 170 Å². The number of hydrogen-bond acceptors (Lipinski definition) is 3. The Hall–Kier alpha value is -3.34. The number of methoxy groups -OCH3 is 1. The van der Waals surface area contributed by atoms with Crippen molar-refractivity contribution in [2.45, 2.75) is 32.2 Å². The first-order chi connectivity index (χ1) is 14.0. The van der Waals surface area contributed by atoms with Crippen LogP contribution in [0.5, 0.6) is 0 Å². The van der Waals surface area contributed by atoms with Gasteiger partial charge in [0.2, 0.25) is 5.91 Å². The smallest absolute Gasteiger partial charge is 0.328 e. The van der Waals surface area contributed by atoms with Gasteiger partial charge in [0.25, 0.3) is 0 Å². The third-order valence-electron chi connectivity index (χ3n) is 4.93. The molecule has 0 bridgehead atoms. The van der Waals surface area contributed by atoms with Gasteiger partial charge in [-0.15, -0.1) is 0 Å². The number of H-pyrrole nitrogens is 1. The van der Waals surface area contributed by atoms with Gasteiger partial charge in [-0.2, -0.15) is 0 Å². The van der Waals surface area contributed by atoms with Gasteiger partial charge in [0.15, 0.2) is 0 Å². The Kier molecular flexibility index (Phi) is 6.50. The first kappa shape index (κ1) is 20.4. The van der Waals surface area contributed by atoms with Crippen LogP contribution in [0.2, 0.25) is 0 Å². The van der Waals surface area contributed by atoms with E-state index in [1.54, 1.807) is 6.08 Å². The molecule has 0 saturated carbocycles. The molecule has 0 saturated heterocycles. The minimum Gasteiger partial charge on any atom is -0.467 e. The summed E-state index contributed by atoms with van der Waals surface area (Å²) in [6.07, 6.45) is 5.38. The lowest BCUT2D eigenvalue weighted by atomic mass is 10.0. The number of carbonyl (C=O) groups excluding carboxylic acids is 2. The zero-order chi connectivity index (χ0) is 20.8. The van der Waals surface area contributed by atoms with Crippen molar-refractivity contribution in [1.29, 1.82) is 0 Å². The number of fused-ring (bicyclic) bond motifs is 1. The molecule has 0 aliphatic rings. The van der Waals surface area contributed by atoms with Gasteiger partial charge in [-0.05, 0) is 34.8 Å². The highest BCUT2D eigenvalue weighted by molar-refractivity contribution is 5.95. The van der Waals surface area contributed by atoms with E-state index in [9.17, 15) is 9.59 Å². The zero-order valence-electron chi connectivity index (χ0n) is 16.9. The average molecular weight is 390 g/mol. The van der Waals surface area contributed by atoms with Crippen molar-refractivity contribution < 1.29 is 14.3 Å². The van der Waals surface area contributed by atoms with Crippen molar-refractivity contribution >= 4 is 28.9 Å². The Morgan fingerprint density at radius 2 is 1.83 bits per heavy atom. The second-order valence-electron chi connectivity index (χ2n) is 7.30. The van der Waals surface area contributed by atoms with E-state index in [0.29, 0.717) is 12.3 Å². The lowest BCUT2D eigenvalue weighted by Crippen LogP contribution is -2.42. The fourth-order valence-corrected chi connectivity index (χ4v) is 3.24. The molecule has 0 spiro atoms. The van der Waals surface area contributed by atoms with Gasteiger partial charge >= 0.3 is 5.97 Å². The van der Waals surface area contributed by atoms with Crippen molar-refractivity contribution in [3.63, 3.8) is 0 Å². The van der Waals surface area contributed by atoms with E-state index in [1.807, 2.05) is 42.6 Å². The minimum atomic E-state index is -0.764. The molecular formula is C24H26N2O3. The number of amides is 1. The van der Waals surface area contributed by atoms with Gasteiger partial charge in [0.05, 0.1) is 7.11 Å². The average Bonchev–Trinajstić information content (AvgIpc) is 3.14. The molecule has 0 aliphatic heterocycles. The number of carbonyl (C=O) groups is 2. The third kappa shape index (κ3) is 5.13. The van der Waals surface area contributed by atoms with Gasteiger partial charge in [-0.3, -0.25) is 4.79 Å². The number of aromatic nitrogens is 1.